The van der Waals surface area contributed by atoms with E-state index in [0.717, 1.165) is 0 Å². The Morgan fingerprint density at radius 1 is 0.611 bits per heavy atom. The standard InChI is InChI=1S/C16H35IN/c1-4-7-13-18(14-8-5-2,15-9-6-3)16-11-10-12-17/h4-16H2,1-3H3/q+1. The van der Waals surface area contributed by atoms with E-state index in [9.17, 15) is 0 Å². The van der Waals surface area contributed by atoms with Crippen LogP contribution in [-0.2, 0) is 0 Å². The fourth-order valence-electron chi connectivity index (χ4n) is 2.69. The highest BCUT2D eigenvalue weighted by atomic mass is 127. The molecule has 0 saturated heterocycles. The molecule has 0 radical (unpaired) electrons. The van der Waals surface area contributed by atoms with Crippen molar-refractivity contribution in [3.05, 3.63) is 0 Å². The fraction of sp³-hybridized carbons (Fsp3) is 1.00. The molecule has 110 valence electrons. The first-order chi connectivity index (χ1) is 8.74. The molecule has 0 unspecified atom stereocenters. The summed E-state index contributed by atoms with van der Waals surface area (Å²) in [7, 11) is 0. The molecule has 0 aliphatic carbocycles. The van der Waals surface area contributed by atoms with E-state index in [-0.39, 0.29) is 0 Å². The van der Waals surface area contributed by atoms with Gasteiger partial charge in [-0.1, -0.05) is 62.6 Å². The minimum atomic E-state index is 1.33. The third kappa shape index (κ3) is 8.73. The van der Waals surface area contributed by atoms with Crippen LogP contribution in [0.3, 0.4) is 0 Å². The number of alkyl halides is 1. The molecule has 0 heterocycles. The van der Waals surface area contributed by atoms with E-state index in [1.54, 1.807) is 0 Å². The third-order valence-corrected chi connectivity index (χ3v) is 4.74. The number of unbranched alkanes of at least 4 members (excludes halogenated alkanes) is 4. The van der Waals surface area contributed by atoms with Gasteiger partial charge in [0.2, 0.25) is 0 Å². The average molecular weight is 368 g/mol. The Morgan fingerprint density at radius 3 is 1.33 bits per heavy atom. The summed E-state index contributed by atoms with van der Waals surface area (Å²) < 4.78 is 2.75. The largest absolute Gasteiger partial charge is 0.324 e. The highest BCUT2D eigenvalue weighted by molar-refractivity contribution is 14.1. The topological polar surface area (TPSA) is 0 Å². The van der Waals surface area contributed by atoms with E-state index in [4.69, 9.17) is 0 Å². The summed E-state index contributed by atoms with van der Waals surface area (Å²) in [6.45, 7) is 12.7. The summed E-state index contributed by atoms with van der Waals surface area (Å²) in [5.41, 5.74) is 0. The fourth-order valence-corrected chi connectivity index (χ4v) is 3.23. The molecule has 18 heavy (non-hydrogen) atoms. The lowest BCUT2D eigenvalue weighted by molar-refractivity contribution is -0.929. The van der Waals surface area contributed by atoms with Crippen LogP contribution >= 0.6 is 22.6 Å². The molecule has 0 saturated carbocycles. The van der Waals surface area contributed by atoms with E-state index >= 15 is 0 Å². The second-order valence-electron chi connectivity index (χ2n) is 5.69. The number of halogens is 1. The van der Waals surface area contributed by atoms with E-state index in [1.165, 1.54) is 86.5 Å². The van der Waals surface area contributed by atoms with E-state index in [2.05, 4.69) is 43.4 Å². The molecule has 0 aromatic carbocycles. The molecule has 2 heteroatoms. The first-order valence-electron chi connectivity index (χ1n) is 8.15. The SMILES string of the molecule is CCCC[N+](CCCC)(CCCC)CCCCI. The maximum absolute atomic E-state index is 2.52. The lowest BCUT2D eigenvalue weighted by Crippen LogP contribution is -2.50. The van der Waals surface area contributed by atoms with Crippen LogP contribution in [0.4, 0.5) is 0 Å². The molecule has 0 bridgehead atoms. The van der Waals surface area contributed by atoms with Gasteiger partial charge in [0.15, 0.2) is 0 Å². The second kappa shape index (κ2) is 12.7. The van der Waals surface area contributed by atoms with Crippen LogP contribution < -0.4 is 0 Å². The molecule has 0 aromatic rings. The lowest BCUT2D eigenvalue weighted by Gasteiger charge is -2.39. The van der Waals surface area contributed by atoms with E-state index < -0.39 is 0 Å². The van der Waals surface area contributed by atoms with Crippen molar-refractivity contribution in [2.75, 3.05) is 30.6 Å². The molecule has 0 aromatic heterocycles. The molecule has 0 aliphatic rings. The first-order valence-corrected chi connectivity index (χ1v) is 9.68. The third-order valence-electron chi connectivity index (χ3n) is 3.97. The van der Waals surface area contributed by atoms with Crippen molar-refractivity contribution in [2.45, 2.75) is 72.1 Å². The van der Waals surface area contributed by atoms with Gasteiger partial charge in [-0.05, 0) is 36.5 Å². The van der Waals surface area contributed by atoms with Gasteiger partial charge in [0.05, 0.1) is 26.2 Å². The van der Waals surface area contributed by atoms with Crippen LogP contribution in [0.2, 0.25) is 0 Å². The maximum Gasteiger partial charge on any atom is 0.0786 e. The molecule has 0 amide bonds. The zero-order valence-corrected chi connectivity index (χ0v) is 15.2. The Labute approximate surface area is 129 Å². The number of rotatable bonds is 13. The molecule has 0 atom stereocenters. The van der Waals surface area contributed by atoms with Crippen molar-refractivity contribution in [3.8, 4) is 0 Å². The van der Waals surface area contributed by atoms with Crippen molar-refractivity contribution in [3.63, 3.8) is 0 Å². The Bertz CT molecular complexity index is 149. The van der Waals surface area contributed by atoms with Gasteiger partial charge in [-0.3, -0.25) is 0 Å². The predicted molar refractivity (Wildman–Crippen MR) is 92.6 cm³/mol. The van der Waals surface area contributed by atoms with Crippen LogP contribution in [-0.4, -0.2) is 35.1 Å². The van der Waals surface area contributed by atoms with Crippen LogP contribution in [0.1, 0.15) is 72.1 Å². The van der Waals surface area contributed by atoms with Crippen LogP contribution in [0.25, 0.3) is 0 Å². The molecule has 0 N–H and O–H groups in total. The van der Waals surface area contributed by atoms with Crippen LogP contribution in [0, 0.1) is 0 Å². The quantitative estimate of drug-likeness (QED) is 0.176. The van der Waals surface area contributed by atoms with Crippen molar-refractivity contribution >= 4 is 22.6 Å². The summed E-state index contributed by atoms with van der Waals surface area (Å²) in [6.07, 6.45) is 11.1. The first kappa shape index (κ1) is 18.7. The molecule has 0 aliphatic heterocycles. The smallest absolute Gasteiger partial charge is 0.0786 e. The lowest BCUT2D eigenvalue weighted by atomic mass is 10.1. The molecule has 1 nitrogen and oxygen atoms in total. The van der Waals surface area contributed by atoms with Gasteiger partial charge in [0.25, 0.3) is 0 Å². The number of hydrogen-bond acceptors (Lipinski definition) is 0. The Hall–Kier alpha value is 0.690. The van der Waals surface area contributed by atoms with Gasteiger partial charge in [-0.15, -0.1) is 0 Å². The molecular weight excluding hydrogens is 333 g/mol. The zero-order chi connectivity index (χ0) is 13.7. The van der Waals surface area contributed by atoms with Crippen LogP contribution in [0.5, 0.6) is 0 Å². The van der Waals surface area contributed by atoms with Gasteiger partial charge in [-0.25, -0.2) is 0 Å². The maximum atomic E-state index is 2.52. The summed E-state index contributed by atoms with van der Waals surface area (Å²) in [5, 5.41) is 0. The average Bonchev–Trinajstić information content (AvgIpc) is 2.40. The number of quaternary nitrogens is 1. The molecular formula is C16H35IN+. The van der Waals surface area contributed by atoms with Gasteiger partial charge >= 0.3 is 0 Å². The Kier molecular flexibility index (Phi) is 13.2. The Balaban J connectivity index is 4.41. The summed E-state index contributed by atoms with van der Waals surface area (Å²) >= 11 is 2.52. The van der Waals surface area contributed by atoms with Crippen molar-refractivity contribution in [1.82, 2.24) is 0 Å². The summed E-state index contributed by atoms with van der Waals surface area (Å²) in [5.74, 6) is 0. The monoisotopic (exact) mass is 368 g/mol. The normalized spacial score (nSPS) is 12.0. The van der Waals surface area contributed by atoms with E-state index in [1.807, 2.05) is 0 Å². The predicted octanol–water partition coefficient (Wildman–Crippen LogP) is 5.42. The zero-order valence-electron chi connectivity index (χ0n) is 13.0. The van der Waals surface area contributed by atoms with Gasteiger partial charge < -0.3 is 4.48 Å². The molecule has 0 rings (SSSR count). The number of hydrogen-bond donors (Lipinski definition) is 0. The second-order valence-corrected chi connectivity index (χ2v) is 6.77. The van der Waals surface area contributed by atoms with Gasteiger partial charge in [0, 0.05) is 0 Å². The molecule has 0 spiro atoms. The van der Waals surface area contributed by atoms with Crippen molar-refractivity contribution in [1.29, 1.82) is 0 Å². The highest BCUT2D eigenvalue weighted by Crippen LogP contribution is 2.16. The van der Waals surface area contributed by atoms with Crippen molar-refractivity contribution in [2.24, 2.45) is 0 Å². The molecule has 0 fully saturated rings. The minimum absolute atomic E-state index is 1.33. The summed E-state index contributed by atoms with van der Waals surface area (Å²) in [6, 6.07) is 0. The highest BCUT2D eigenvalue weighted by Gasteiger charge is 2.24. The summed E-state index contributed by atoms with van der Waals surface area (Å²) in [4.78, 5) is 0. The number of nitrogens with zero attached hydrogens (tertiary/aromatic N) is 1. The van der Waals surface area contributed by atoms with Crippen LogP contribution in [0.15, 0.2) is 0 Å². The van der Waals surface area contributed by atoms with E-state index in [0.29, 0.717) is 0 Å². The van der Waals surface area contributed by atoms with Gasteiger partial charge in [0.1, 0.15) is 0 Å². The van der Waals surface area contributed by atoms with Crippen molar-refractivity contribution < 1.29 is 4.48 Å². The van der Waals surface area contributed by atoms with Gasteiger partial charge in [-0.2, -0.15) is 0 Å². The Morgan fingerprint density at radius 2 is 1.00 bits per heavy atom. The minimum Gasteiger partial charge on any atom is -0.324 e.